The highest BCUT2D eigenvalue weighted by Gasteiger charge is 2.11. The van der Waals surface area contributed by atoms with Crippen LogP contribution in [0.4, 0.5) is 5.13 Å². The summed E-state index contributed by atoms with van der Waals surface area (Å²) in [5.74, 6) is -0.0341. The predicted octanol–water partition coefficient (Wildman–Crippen LogP) is 3.03. The minimum Gasteiger partial charge on any atom is -0.483 e. The maximum absolute atomic E-state index is 12.0. The molecule has 0 saturated heterocycles. The molecule has 128 valence electrons. The number of fused-ring (bicyclic) bond motifs is 1. The van der Waals surface area contributed by atoms with Gasteiger partial charge in [0, 0.05) is 10.8 Å². The first-order valence-electron chi connectivity index (χ1n) is 7.57. The first-order chi connectivity index (χ1) is 12.2. The van der Waals surface area contributed by atoms with Crippen LogP contribution in [-0.4, -0.2) is 30.6 Å². The highest BCUT2D eigenvalue weighted by Crippen LogP contribution is 2.25. The van der Waals surface area contributed by atoms with E-state index in [1.54, 1.807) is 5.38 Å². The van der Waals surface area contributed by atoms with Crippen LogP contribution in [0.25, 0.3) is 10.8 Å². The highest BCUT2D eigenvalue weighted by atomic mass is 32.1. The lowest BCUT2D eigenvalue weighted by molar-refractivity contribution is -0.139. The molecule has 1 aromatic heterocycles. The SMILES string of the molecule is COC(=O)Cc1csc(NC(=O)COc2cccc3ccccc23)n1. The molecule has 1 heterocycles. The van der Waals surface area contributed by atoms with E-state index in [9.17, 15) is 9.59 Å². The van der Waals surface area contributed by atoms with Gasteiger partial charge in [0.25, 0.3) is 5.91 Å². The standard InChI is InChI=1S/C18H16N2O4S/c1-23-17(22)9-13-11-25-18(19-13)20-16(21)10-24-15-8-4-6-12-5-2-3-7-14(12)15/h2-8,11H,9-10H2,1H3,(H,19,20,21). The van der Waals surface area contributed by atoms with Gasteiger partial charge in [0.1, 0.15) is 5.75 Å². The third kappa shape index (κ3) is 4.33. The van der Waals surface area contributed by atoms with Gasteiger partial charge in [-0.15, -0.1) is 11.3 Å². The average Bonchev–Trinajstić information content (AvgIpc) is 3.06. The maximum atomic E-state index is 12.0. The van der Waals surface area contributed by atoms with Gasteiger partial charge in [-0.05, 0) is 11.5 Å². The fraction of sp³-hybridized carbons (Fsp3) is 0.167. The summed E-state index contributed by atoms with van der Waals surface area (Å²) < 4.78 is 10.2. The third-order valence-electron chi connectivity index (χ3n) is 3.46. The molecule has 0 aliphatic carbocycles. The summed E-state index contributed by atoms with van der Waals surface area (Å²) in [5, 5.41) is 6.79. The number of hydrogen-bond acceptors (Lipinski definition) is 6. The van der Waals surface area contributed by atoms with Gasteiger partial charge in [-0.1, -0.05) is 36.4 Å². The molecular weight excluding hydrogens is 340 g/mol. The summed E-state index contributed by atoms with van der Waals surface area (Å²) in [6.07, 6.45) is 0.0787. The van der Waals surface area contributed by atoms with E-state index in [-0.39, 0.29) is 24.9 Å². The van der Waals surface area contributed by atoms with Crippen molar-refractivity contribution >= 4 is 39.1 Å². The van der Waals surface area contributed by atoms with Crippen LogP contribution >= 0.6 is 11.3 Å². The van der Waals surface area contributed by atoms with Crippen molar-refractivity contribution in [3.63, 3.8) is 0 Å². The lowest BCUT2D eigenvalue weighted by atomic mass is 10.1. The van der Waals surface area contributed by atoms with Gasteiger partial charge in [-0.2, -0.15) is 0 Å². The number of esters is 1. The molecule has 0 bridgehead atoms. The number of rotatable bonds is 6. The molecule has 0 aliphatic heterocycles. The van der Waals surface area contributed by atoms with Gasteiger partial charge in [0.15, 0.2) is 11.7 Å². The molecule has 0 saturated carbocycles. The molecule has 1 N–H and O–H groups in total. The number of aromatic nitrogens is 1. The molecule has 0 atom stereocenters. The summed E-state index contributed by atoms with van der Waals surface area (Å²) in [7, 11) is 1.32. The first kappa shape index (κ1) is 16.9. The van der Waals surface area contributed by atoms with E-state index in [0.29, 0.717) is 16.6 Å². The Morgan fingerprint density at radius 2 is 1.96 bits per heavy atom. The number of carbonyl (C=O) groups excluding carboxylic acids is 2. The van der Waals surface area contributed by atoms with Crippen molar-refractivity contribution in [1.29, 1.82) is 0 Å². The second-order valence-corrected chi connectivity index (χ2v) is 6.07. The largest absolute Gasteiger partial charge is 0.483 e. The monoisotopic (exact) mass is 356 g/mol. The molecular formula is C18H16N2O4S. The van der Waals surface area contributed by atoms with Gasteiger partial charge in [-0.25, -0.2) is 4.98 Å². The first-order valence-corrected chi connectivity index (χ1v) is 8.45. The van der Waals surface area contributed by atoms with Crippen LogP contribution in [0, 0.1) is 0 Å². The topological polar surface area (TPSA) is 77.5 Å². The predicted molar refractivity (Wildman–Crippen MR) is 95.9 cm³/mol. The van der Waals surface area contributed by atoms with Crippen molar-refractivity contribution in [2.24, 2.45) is 0 Å². The summed E-state index contributed by atoms with van der Waals surface area (Å²) in [6, 6.07) is 13.5. The van der Waals surface area contributed by atoms with Crippen molar-refractivity contribution in [3.8, 4) is 5.75 Å². The van der Waals surface area contributed by atoms with E-state index in [0.717, 1.165) is 10.8 Å². The van der Waals surface area contributed by atoms with Crippen molar-refractivity contribution in [2.75, 3.05) is 19.0 Å². The van der Waals surface area contributed by atoms with Crippen LogP contribution in [-0.2, 0) is 20.7 Å². The molecule has 6 nitrogen and oxygen atoms in total. The lowest BCUT2D eigenvalue weighted by Crippen LogP contribution is -2.20. The number of carbonyl (C=O) groups is 2. The normalized spacial score (nSPS) is 10.4. The van der Waals surface area contributed by atoms with Crippen molar-refractivity contribution in [3.05, 3.63) is 53.5 Å². The Bertz CT molecular complexity index is 901. The third-order valence-corrected chi connectivity index (χ3v) is 4.27. The number of nitrogens with one attached hydrogen (secondary N) is 1. The molecule has 7 heteroatoms. The second-order valence-electron chi connectivity index (χ2n) is 5.21. The zero-order valence-electron chi connectivity index (χ0n) is 13.5. The van der Waals surface area contributed by atoms with Gasteiger partial charge in [0.05, 0.1) is 19.2 Å². The minimum atomic E-state index is -0.373. The number of thiazole rings is 1. The van der Waals surface area contributed by atoms with Gasteiger partial charge >= 0.3 is 5.97 Å². The van der Waals surface area contributed by atoms with Crippen molar-refractivity contribution < 1.29 is 19.1 Å². The molecule has 0 radical (unpaired) electrons. The van der Waals surface area contributed by atoms with Crippen molar-refractivity contribution in [1.82, 2.24) is 4.98 Å². The van der Waals surface area contributed by atoms with Crippen LogP contribution in [0.1, 0.15) is 5.69 Å². The Kier molecular flexibility index (Phi) is 5.25. The Hall–Kier alpha value is -2.93. The molecule has 0 spiro atoms. The Labute approximate surface area is 148 Å². The molecule has 3 aromatic rings. The molecule has 25 heavy (non-hydrogen) atoms. The quantitative estimate of drug-likeness (QED) is 0.687. The van der Waals surface area contributed by atoms with Crippen LogP contribution in [0.15, 0.2) is 47.8 Å². The molecule has 0 unspecified atom stereocenters. The number of methoxy groups -OCH3 is 1. The lowest BCUT2D eigenvalue weighted by Gasteiger charge is -2.08. The molecule has 1 amide bonds. The van der Waals surface area contributed by atoms with E-state index < -0.39 is 0 Å². The van der Waals surface area contributed by atoms with Crippen LogP contribution < -0.4 is 10.1 Å². The Morgan fingerprint density at radius 1 is 1.16 bits per heavy atom. The zero-order valence-corrected chi connectivity index (χ0v) is 14.3. The number of anilines is 1. The number of amides is 1. The zero-order chi connectivity index (χ0) is 17.6. The molecule has 0 aliphatic rings. The van der Waals surface area contributed by atoms with Crippen LogP contribution in [0.3, 0.4) is 0 Å². The Morgan fingerprint density at radius 3 is 2.80 bits per heavy atom. The van der Waals surface area contributed by atoms with Crippen LogP contribution in [0.5, 0.6) is 5.75 Å². The molecule has 2 aromatic carbocycles. The molecule has 3 rings (SSSR count). The van der Waals surface area contributed by atoms with Crippen LogP contribution in [0.2, 0.25) is 0 Å². The summed E-state index contributed by atoms with van der Waals surface area (Å²) in [6.45, 7) is -0.125. The van der Waals surface area contributed by atoms with E-state index in [2.05, 4.69) is 15.0 Å². The number of ether oxygens (including phenoxy) is 2. The fourth-order valence-electron chi connectivity index (χ4n) is 2.29. The van der Waals surface area contributed by atoms with E-state index in [1.807, 2.05) is 42.5 Å². The van der Waals surface area contributed by atoms with E-state index >= 15 is 0 Å². The summed E-state index contributed by atoms with van der Waals surface area (Å²) in [4.78, 5) is 27.4. The second kappa shape index (κ2) is 7.76. The van der Waals surface area contributed by atoms with Gasteiger partial charge < -0.3 is 9.47 Å². The van der Waals surface area contributed by atoms with E-state index in [1.165, 1.54) is 18.4 Å². The summed E-state index contributed by atoms with van der Waals surface area (Å²) >= 11 is 1.25. The number of hydrogen-bond donors (Lipinski definition) is 1. The Balaban J connectivity index is 1.58. The van der Waals surface area contributed by atoms with Gasteiger partial charge in [0.2, 0.25) is 0 Å². The minimum absolute atomic E-state index is 0.0787. The fourth-order valence-corrected chi connectivity index (χ4v) is 3.01. The molecule has 0 fully saturated rings. The maximum Gasteiger partial charge on any atom is 0.311 e. The van der Waals surface area contributed by atoms with Gasteiger partial charge in [-0.3, -0.25) is 14.9 Å². The highest BCUT2D eigenvalue weighted by molar-refractivity contribution is 7.13. The smallest absolute Gasteiger partial charge is 0.311 e. The average molecular weight is 356 g/mol. The van der Waals surface area contributed by atoms with E-state index in [4.69, 9.17) is 4.74 Å². The number of nitrogens with zero attached hydrogens (tertiary/aromatic N) is 1. The van der Waals surface area contributed by atoms with Crippen molar-refractivity contribution in [2.45, 2.75) is 6.42 Å². The number of benzene rings is 2. The summed E-state index contributed by atoms with van der Waals surface area (Å²) in [5.41, 5.74) is 0.558.